The van der Waals surface area contributed by atoms with Crippen molar-refractivity contribution in [3.63, 3.8) is 0 Å². The van der Waals surface area contributed by atoms with Crippen LogP contribution in [0.1, 0.15) is 6.92 Å². The largest absolute Gasteiger partial charge is 0.331 e. The van der Waals surface area contributed by atoms with Gasteiger partial charge in [-0.05, 0) is 6.92 Å². The molecular formula is C7H9N3O. The van der Waals surface area contributed by atoms with Crippen LogP contribution in [0.2, 0.25) is 0 Å². The predicted molar refractivity (Wildman–Crippen MR) is 42.0 cm³/mol. The van der Waals surface area contributed by atoms with Gasteiger partial charge in [-0.2, -0.15) is 0 Å². The molecule has 0 saturated heterocycles. The average molecular weight is 151 g/mol. The highest BCUT2D eigenvalue weighted by molar-refractivity contribution is 6.02. The number of amides is 1. The van der Waals surface area contributed by atoms with Gasteiger partial charge in [-0.15, -0.1) is 0 Å². The summed E-state index contributed by atoms with van der Waals surface area (Å²) in [7, 11) is 0. The molecule has 1 aromatic rings. The van der Waals surface area contributed by atoms with Gasteiger partial charge in [-0.3, -0.25) is 4.79 Å². The van der Waals surface area contributed by atoms with Crippen LogP contribution in [0.25, 0.3) is 0 Å². The van der Waals surface area contributed by atoms with Gasteiger partial charge in [0.1, 0.15) is 5.82 Å². The summed E-state index contributed by atoms with van der Waals surface area (Å²) >= 11 is 0. The van der Waals surface area contributed by atoms with E-state index in [1.807, 2.05) is 0 Å². The lowest BCUT2D eigenvalue weighted by Gasteiger charge is -1.98. The summed E-state index contributed by atoms with van der Waals surface area (Å²) in [6, 6.07) is 0. The van der Waals surface area contributed by atoms with E-state index in [1.54, 1.807) is 6.92 Å². The highest BCUT2D eigenvalue weighted by Gasteiger charge is 2.01. The Labute approximate surface area is 64.3 Å². The molecular weight excluding hydrogens is 142 g/mol. The van der Waals surface area contributed by atoms with E-state index in [9.17, 15) is 4.79 Å². The molecule has 0 atom stereocenters. The van der Waals surface area contributed by atoms with Gasteiger partial charge in [-0.25, -0.2) is 4.98 Å². The highest BCUT2D eigenvalue weighted by atomic mass is 16.1. The fourth-order valence-corrected chi connectivity index (χ4v) is 0.553. The van der Waals surface area contributed by atoms with Gasteiger partial charge in [0.05, 0.1) is 12.5 Å². The van der Waals surface area contributed by atoms with Gasteiger partial charge in [0.2, 0.25) is 0 Å². The molecule has 4 heteroatoms. The quantitative estimate of drug-likeness (QED) is 0.617. The fraction of sp³-hybridized carbons (Fsp3) is 0.143. The summed E-state index contributed by atoms with van der Waals surface area (Å²) < 4.78 is 0. The second-order valence-corrected chi connectivity index (χ2v) is 2.20. The number of carbonyl (C=O) groups is 1. The second-order valence-electron chi connectivity index (χ2n) is 2.20. The summed E-state index contributed by atoms with van der Waals surface area (Å²) in [6.45, 7) is 5.13. The molecule has 0 saturated carbocycles. The zero-order valence-electron chi connectivity index (χ0n) is 6.22. The van der Waals surface area contributed by atoms with Crippen molar-refractivity contribution in [2.75, 3.05) is 5.32 Å². The summed E-state index contributed by atoms with van der Waals surface area (Å²) in [4.78, 5) is 17.4. The van der Waals surface area contributed by atoms with Gasteiger partial charge in [0.25, 0.3) is 5.91 Å². The van der Waals surface area contributed by atoms with Gasteiger partial charge < -0.3 is 10.3 Å². The SMILES string of the molecule is C=C(C)C(=O)Nc1cnc[nH]1. The number of hydrogen-bond acceptors (Lipinski definition) is 2. The standard InChI is InChI=1S/C7H9N3O/c1-5(2)7(11)10-6-3-8-4-9-6/h3-4H,1H2,2H3,(H,8,9)(H,10,11). The van der Waals surface area contributed by atoms with E-state index >= 15 is 0 Å². The molecule has 0 bridgehead atoms. The number of aromatic nitrogens is 2. The third-order valence-electron chi connectivity index (χ3n) is 1.13. The number of aromatic amines is 1. The number of nitrogens with zero attached hydrogens (tertiary/aromatic N) is 1. The van der Waals surface area contributed by atoms with E-state index in [4.69, 9.17) is 0 Å². The topological polar surface area (TPSA) is 57.8 Å². The Morgan fingerprint density at radius 1 is 1.82 bits per heavy atom. The number of anilines is 1. The molecule has 0 spiro atoms. The van der Waals surface area contributed by atoms with Crippen molar-refractivity contribution in [2.24, 2.45) is 0 Å². The van der Waals surface area contributed by atoms with Crippen molar-refractivity contribution in [1.82, 2.24) is 9.97 Å². The van der Waals surface area contributed by atoms with Crippen LogP contribution in [0.15, 0.2) is 24.7 Å². The zero-order valence-corrected chi connectivity index (χ0v) is 6.22. The van der Waals surface area contributed by atoms with Crippen molar-refractivity contribution in [1.29, 1.82) is 0 Å². The van der Waals surface area contributed by atoms with E-state index in [1.165, 1.54) is 12.5 Å². The van der Waals surface area contributed by atoms with E-state index < -0.39 is 0 Å². The van der Waals surface area contributed by atoms with Crippen LogP contribution in [-0.4, -0.2) is 15.9 Å². The van der Waals surface area contributed by atoms with Crippen LogP contribution in [-0.2, 0) is 4.79 Å². The molecule has 1 rings (SSSR count). The van der Waals surface area contributed by atoms with E-state index in [0.717, 1.165) is 0 Å². The van der Waals surface area contributed by atoms with Crippen LogP contribution >= 0.6 is 0 Å². The number of rotatable bonds is 2. The highest BCUT2D eigenvalue weighted by Crippen LogP contribution is 1.99. The molecule has 4 nitrogen and oxygen atoms in total. The Hall–Kier alpha value is -1.58. The summed E-state index contributed by atoms with van der Waals surface area (Å²) in [5.41, 5.74) is 0.472. The fourth-order valence-electron chi connectivity index (χ4n) is 0.553. The lowest BCUT2D eigenvalue weighted by Crippen LogP contribution is -2.11. The van der Waals surface area contributed by atoms with E-state index in [2.05, 4.69) is 21.9 Å². The smallest absolute Gasteiger partial charge is 0.251 e. The van der Waals surface area contributed by atoms with Crippen molar-refractivity contribution < 1.29 is 4.79 Å². The maximum Gasteiger partial charge on any atom is 0.251 e. The number of hydrogen-bond donors (Lipinski definition) is 2. The Balaban J connectivity index is 2.57. The Bertz CT molecular complexity index is 263. The number of H-pyrrole nitrogens is 1. The van der Waals surface area contributed by atoms with Crippen LogP contribution in [0.5, 0.6) is 0 Å². The Kier molecular flexibility index (Phi) is 2.06. The molecule has 2 N–H and O–H groups in total. The first-order valence-corrected chi connectivity index (χ1v) is 3.15. The molecule has 0 unspecified atom stereocenters. The average Bonchev–Trinajstić information content (AvgIpc) is 2.39. The van der Waals surface area contributed by atoms with Gasteiger partial charge >= 0.3 is 0 Å². The molecule has 0 aliphatic carbocycles. The van der Waals surface area contributed by atoms with Crippen LogP contribution in [0.3, 0.4) is 0 Å². The third kappa shape index (κ3) is 1.93. The van der Waals surface area contributed by atoms with Crippen molar-refractivity contribution in [3.8, 4) is 0 Å². The maximum atomic E-state index is 11.0. The van der Waals surface area contributed by atoms with E-state index in [-0.39, 0.29) is 5.91 Å². The number of imidazole rings is 1. The lowest BCUT2D eigenvalue weighted by molar-refractivity contribution is -0.112. The van der Waals surface area contributed by atoms with Crippen molar-refractivity contribution in [2.45, 2.75) is 6.92 Å². The molecule has 1 amide bonds. The molecule has 0 radical (unpaired) electrons. The summed E-state index contributed by atoms with van der Waals surface area (Å²) in [5, 5.41) is 2.56. The molecule has 11 heavy (non-hydrogen) atoms. The minimum atomic E-state index is -0.200. The minimum Gasteiger partial charge on any atom is -0.331 e. The molecule has 1 aromatic heterocycles. The zero-order chi connectivity index (χ0) is 8.27. The Morgan fingerprint density at radius 2 is 2.55 bits per heavy atom. The van der Waals surface area contributed by atoms with Crippen LogP contribution in [0, 0.1) is 0 Å². The first-order valence-electron chi connectivity index (χ1n) is 3.15. The molecule has 0 aliphatic heterocycles. The molecule has 0 fully saturated rings. The van der Waals surface area contributed by atoms with Crippen molar-refractivity contribution >= 4 is 11.7 Å². The molecule has 0 aromatic carbocycles. The summed E-state index contributed by atoms with van der Waals surface area (Å²) in [6.07, 6.45) is 3.02. The predicted octanol–water partition coefficient (Wildman–Crippen LogP) is 0.924. The Morgan fingerprint density at radius 3 is 3.00 bits per heavy atom. The number of nitrogens with one attached hydrogen (secondary N) is 2. The van der Waals surface area contributed by atoms with Gasteiger partial charge in [0, 0.05) is 5.57 Å². The third-order valence-corrected chi connectivity index (χ3v) is 1.13. The van der Waals surface area contributed by atoms with Gasteiger partial charge in [-0.1, -0.05) is 6.58 Å². The second kappa shape index (κ2) is 3.01. The minimum absolute atomic E-state index is 0.200. The van der Waals surface area contributed by atoms with Gasteiger partial charge in [0.15, 0.2) is 0 Å². The lowest BCUT2D eigenvalue weighted by atomic mass is 10.3. The number of carbonyl (C=O) groups excluding carboxylic acids is 1. The monoisotopic (exact) mass is 151 g/mol. The first kappa shape index (κ1) is 7.53. The van der Waals surface area contributed by atoms with Crippen LogP contribution in [0.4, 0.5) is 5.82 Å². The first-order chi connectivity index (χ1) is 5.20. The normalized spacial score (nSPS) is 9.18. The maximum absolute atomic E-state index is 11.0. The van der Waals surface area contributed by atoms with Crippen molar-refractivity contribution in [3.05, 3.63) is 24.7 Å². The van der Waals surface area contributed by atoms with Crippen LogP contribution < -0.4 is 5.32 Å². The molecule has 0 aliphatic rings. The molecule has 58 valence electrons. The van der Waals surface area contributed by atoms with E-state index in [0.29, 0.717) is 11.4 Å². The molecule has 1 heterocycles. The summed E-state index contributed by atoms with van der Waals surface area (Å²) in [5.74, 6) is 0.382.